The van der Waals surface area contributed by atoms with Gasteiger partial charge in [0.15, 0.2) is 17.7 Å². The number of benzene rings is 2. The highest BCUT2D eigenvalue weighted by Gasteiger charge is 2.32. The van der Waals surface area contributed by atoms with Gasteiger partial charge in [0.2, 0.25) is 0 Å². The maximum Gasteiger partial charge on any atom is 0.337 e. The highest BCUT2D eigenvalue weighted by molar-refractivity contribution is 14.1. The number of nitrogens with one attached hydrogen (secondary N) is 3. The highest BCUT2D eigenvalue weighted by atomic mass is 127. The lowest BCUT2D eigenvalue weighted by Gasteiger charge is -2.28. The summed E-state index contributed by atoms with van der Waals surface area (Å²) in [4.78, 5) is 24.4. The number of allylic oxidation sites excluding steroid dienone is 1. The number of hydrazone groups is 1. The van der Waals surface area contributed by atoms with E-state index >= 15 is 0 Å². The van der Waals surface area contributed by atoms with Gasteiger partial charge in [-0.05, 0) is 88.9 Å². The average molecular weight is 736 g/mol. The molecule has 1 aliphatic rings. The second-order valence-electron chi connectivity index (χ2n) is 7.74. The fraction of sp³-hybridized carbons (Fsp3) is 0.292. The molecule has 198 valence electrons. The van der Waals surface area contributed by atoms with E-state index in [9.17, 15) is 19.8 Å². The van der Waals surface area contributed by atoms with Crippen molar-refractivity contribution in [3.05, 3.63) is 59.9 Å². The first-order chi connectivity index (χ1) is 17.6. The van der Waals surface area contributed by atoms with Crippen molar-refractivity contribution in [3.8, 4) is 17.2 Å². The number of nitrogens with zero attached hydrogens (tertiary/aromatic N) is 1. The minimum Gasteiger partial charge on any atom is -0.506 e. The molecule has 5 N–H and O–H groups in total. The number of aromatic hydroxyl groups is 1. The number of phenolic OH excluding ortho intramolecular Hbond substituents is 1. The predicted molar refractivity (Wildman–Crippen MR) is 153 cm³/mol. The molecule has 11 nitrogen and oxygen atoms in total. The van der Waals surface area contributed by atoms with Gasteiger partial charge in [0.1, 0.15) is 12.4 Å². The predicted octanol–water partition coefficient (Wildman–Crippen LogP) is 3.12. The molecule has 0 saturated heterocycles. The second-order valence-corrected chi connectivity index (χ2v) is 10.1. The molecule has 2 atom stereocenters. The summed E-state index contributed by atoms with van der Waals surface area (Å²) in [6.07, 6.45) is 0.250. The van der Waals surface area contributed by atoms with Crippen LogP contribution >= 0.6 is 45.2 Å². The van der Waals surface area contributed by atoms with Crippen LogP contribution in [0, 0.1) is 7.14 Å². The molecule has 0 aromatic heterocycles. The summed E-state index contributed by atoms with van der Waals surface area (Å²) in [6, 6.07) is 7.36. The number of hydrogen-bond acceptors (Lipinski definition) is 9. The molecular weight excluding hydrogens is 710 g/mol. The van der Waals surface area contributed by atoms with E-state index < -0.39 is 24.3 Å². The number of rotatable bonds is 10. The van der Waals surface area contributed by atoms with Crippen LogP contribution in [0.2, 0.25) is 0 Å². The number of methoxy groups -OCH3 is 1. The smallest absolute Gasteiger partial charge is 0.337 e. The van der Waals surface area contributed by atoms with Gasteiger partial charge in [0.05, 0.1) is 35.1 Å². The summed E-state index contributed by atoms with van der Waals surface area (Å²) >= 11 is 4.17. The van der Waals surface area contributed by atoms with E-state index in [1.165, 1.54) is 13.3 Å². The highest BCUT2D eigenvalue weighted by Crippen LogP contribution is 2.35. The Balaban J connectivity index is 1.72. The van der Waals surface area contributed by atoms with Gasteiger partial charge >= 0.3 is 12.0 Å². The molecule has 0 radical (unpaired) electrons. The molecule has 0 fully saturated rings. The monoisotopic (exact) mass is 736 g/mol. The SMILES string of the molecule is CCOc1cc([C@@H]2NC(=O)NC(C)=C2C(=O)OC)ccc1OC[C@@H](O)N/N=C\c1cc(I)cc(I)c1O. The maximum absolute atomic E-state index is 12.4. The van der Waals surface area contributed by atoms with Crippen molar-refractivity contribution in [3.63, 3.8) is 0 Å². The van der Waals surface area contributed by atoms with E-state index in [0.717, 1.165) is 3.57 Å². The van der Waals surface area contributed by atoms with Gasteiger partial charge in [0, 0.05) is 14.8 Å². The van der Waals surface area contributed by atoms with Crippen LogP contribution in [-0.2, 0) is 9.53 Å². The molecule has 37 heavy (non-hydrogen) atoms. The Labute approximate surface area is 240 Å². The number of hydrogen-bond donors (Lipinski definition) is 5. The quantitative estimate of drug-likeness (QED) is 0.0822. The van der Waals surface area contributed by atoms with Gasteiger partial charge in [-0.2, -0.15) is 5.10 Å². The van der Waals surface area contributed by atoms with E-state index in [0.29, 0.717) is 38.5 Å². The molecule has 2 aromatic carbocycles. The first-order valence-electron chi connectivity index (χ1n) is 11.0. The minimum atomic E-state index is -1.16. The molecule has 1 heterocycles. The van der Waals surface area contributed by atoms with Crippen molar-refractivity contribution < 1.29 is 34.0 Å². The van der Waals surface area contributed by atoms with Gasteiger partial charge in [0.25, 0.3) is 0 Å². The van der Waals surface area contributed by atoms with E-state index in [1.54, 1.807) is 38.1 Å². The molecule has 0 spiro atoms. The van der Waals surface area contributed by atoms with Gasteiger partial charge in [-0.25, -0.2) is 9.59 Å². The lowest BCUT2D eigenvalue weighted by molar-refractivity contribution is -0.136. The number of urea groups is 1. The standard InChI is InChI=1S/C24H26I2N4O7/c1-4-36-18-8-13(21-20(23(33)35-3)12(2)28-24(34)29-21)5-6-17(18)37-11-19(31)30-27-10-14-7-15(25)9-16(26)22(14)32/h5-10,19,21,30-32H,4,11H2,1-3H3,(H2,28,29,34)/b27-10-/t19-,21+/m1/s1. The number of aliphatic hydroxyl groups excluding tert-OH is 1. The molecule has 2 aromatic rings. The number of amides is 2. The molecule has 1 aliphatic heterocycles. The first kappa shape index (κ1) is 28.8. The lowest BCUT2D eigenvalue weighted by Crippen LogP contribution is -2.45. The lowest BCUT2D eigenvalue weighted by atomic mass is 9.95. The van der Waals surface area contributed by atoms with E-state index in [-0.39, 0.29) is 17.9 Å². The van der Waals surface area contributed by atoms with E-state index in [2.05, 4.69) is 43.8 Å². The van der Waals surface area contributed by atoms with Crippen LogP contribution in [-0.4, -0.2) is 55.0 Å². The summed E-state index contributed by atoms with van der Waals surface area (Å²) in [5.41, 5.74) is 4.30. The normalized spacial score (nSPS) is 16.2. The summed E-state index contributed by atoms with van der Waals surface area (Å²) < 4.78 is 17.9. The van der Waals surface area contributed by atoms with Crippen LogP contribution in [0.5, 0.6) is 17.2 Å². The Morgan fingerprint density at radius 3 is 2.70 bits per heavy atom. The largest absolute Gasteiger partial charge is 0.506 e. The van der Waals surface area contributed by atoms with Crippen molar-refractivity contribution >= 4 is 63.4 Å². The number of ether oxygens (including phenoxy) is 3. The molecule has 13 heteroatoms. The zero-order valence-electron chi connectivity index (χ0n) is 20.2. The summed E-state index contributed by atoms with van der Waals surface area (Å²) in [5.74, 6) is 0.241. The number of halogens is 2. The second kappa shape index (κ2) is 13.1. The number of carbonyl (C=O) groups is 2. The van der Waals surface area contributed by atoms with Crippen LogP contribution < -0.4 is 25.5 Å². The van der Waals surface area contributed by atoms with Crippen molar-refractivity contribution in [2.75, 3.05) is 20.3 Å². The van der Waals surface area contributed by atoms with Gasteiger partial charge < -0.3 is 35.1 Å². The topological polar surface area (TPSA) is 151 Å². The number of carbonyl (C=O) groups excluding carboxylic acids is 2. The van der Waals surface area contributed by atoms with Crippen molar-refractivity contribution in [1.29, 1.82) is 0 Å². The summed E-state index contributed by atoms with van der Waals surface area (Å²) in [7, 11) is 1.27. The van der Waals surface area contributed by atoms with Crippen LogP contribution in [0.15, 0.2) is 46.7 Å². The third-order valence-corrected chi connectivity index (χ3v) is 6.60. The van der Waals surface area contributed by atoms with Gasteiger partial charge in [-0.15, -0.1) is 0 Å². The molecule has 0 unspecified atom stereocenters. The molecular formula is C24H26I2N4O7. The molecule has 2 amide bonds. The van der Waals surface area contributed by atoms with Crippen molar-refractivity contribution in [2.24, 2.45) is 5.10 Å². The number of esters is 1. The Morgan fingerprint density at radius 2 is 2.00 bits per heavy atom. The fourth-order valence-electron chi connectivity index (χ4n) is 3.50. The Morgan fingerprint density at radius 1 is 1.24 bits per heavy atom. The Bertz CT molecular complexity index is 1240. The molecule has 0 aliphatic carbocycles. The van der Waals surface area contributed by atoms with Crippen LogP contribution in [0.25, 0.3) is 0 Å². The zero-order chi connectivity index (χ0) is 27.1. The van der Waals surface area contributed by atoms with Crippen LogP contribution in [0.3, 0.4) is 0 Å². The summed E-state index contributed by atoms with van der Waals surface area (Å²) in [5, 5.41) is 29.7. The molecule has 0 bridgehead atoms. The Hall–Kier alpha value is -2.79. The van der Waals surface area contributed by atoms with E-state index in [4.69, 9.17) is 14.2 Å². The minimum absolute atomic E-state index is 0.101. The maximum atomic E-state index is 12.4. The third kappa shape index (κ3) is 7.38. The molecule has 3 rings (SSSR count). The number of phenols is 1. The van der Waals surface area contributed by atoms with Crippen molar-refractivity contribution in [1.82, 2.24) is 16.1 Å². The number of aliphatic hydroxyl groups is 1. The first-order valence-corrected chi connectivity index (χ1v) is 13.2. The molecule has 0 saturated carbocycles. The van der Waals surface area contributed by atoms with Gasteiger partial charge in [-0.3, -0.25) is 5.43 Å². The van der Waals surface area contributed by atoms with Crippen LogP contribution in [0.1, 0.15) is 31.0 Å². The van der Waals surface area contributed by atoms with Gasteiger partial charge in [-0.1, -0.05) is 6.07 Å². The van der Waals surface area contributed by atoms with Crippen molar-refractivity contribution in [2.45, 2.75) is 26.1 Å². The van der Waals surface area contributed by atoms with Crippen LogP contribution in [0.4, 0.5) is 4.79 Å². The third-order valence-electron chi connectivity index (χ3n) is 5.16. The average Bonchev–Trinajstić information content (AvgIpc) is 2.85. The summed E-state index contributed by atoms with van der Waals surface area (Å²) in [6.45, 7) is 3.60. The van der Waals surface area contributed by atoms with E-state index in [1.807, 2.05) is 28.7 Å². The fourth-order valence-corrected chi connectivity index (χ4v) is 5.39. The zero-order valence-corrected chi connectivity index (χ0v) is 24.5. The Kier molecular flexibility index (Phi) is 10.2.